The van der Waals surface area contributed by atoms with E-state index in [-0.39, 0.29) is 11.9 Å². The minimum absolute atomic E-state index is 0.110. The molecule has 18 heavy (non-hydrogen) atoms. The molecule has 3 nitrogen and oxygen atoms in total. The van der Waals surface area contributed by atoms with Crippen molar-refractivity contribution in [3.05, 3.63) is 35.9 Å². The second-order valence-corrected chi connectivity index (χ2v) is 4.58. The number of carbonyl (C=O) groups excluding carboxylic acids is 1. The molecular formula is C15H23NO2. The SMILES string of the molecule is CCNC(C(=O)OCC)(c1ccccc1)C(C)C. The highest BCUT2D eigenvalue weighted by atomic mass is 16.5. The number of hydrogen-bond donors (Lipinski definition) is 1. The number of benzene rings is 1. The van der Waals surface area contributed by atoms with Gasteiger partial charge in [-0.3, -0.25) is 5.32 Å². The van der Waals surface area contributed by atoms with Crippen LogP contribution in [0.5, 0.6) is 0 Å². The van der Waals surface area contributed by atoms with E-state index in [0.29, 0.717) is 13.2 Å². The van der Waals surface area contributed by atoms with Crippen LogP contribution in [0, 0.1) is 5.92 Å². The smallest absolute Gasteiger partial charge is 0.331 e. The summed E-state index contributed by atoms with van der Waals surface area (Å²) in [6.07, 6.45) is 0. The van der Waals surface area contributed by atoms with Gasteiger partial charge in [0.05, 0.1) is 6.61 Å². The molecule has 0 radical (unpaired) electrons. The molecule has 0 aromatic heterocycles. The lowest BCUT2D eigenvalue weighted by Gasteiger charge is -2.36. The average molecular weight is 249 g/mol. The molecule has 0 bridgehead atoms. The fourth-order valence-electron chi connectivity index (χ4n) is 2.29. The first-order chi connectivity index (χ1) is 8.59. The Kier molecular flexibility index (Phi) is 5.35. The molecule has 0 amide bonds. The molecule has 0 aliphatic heterocycles. The monoisotopic (exact) mass is 249 g/mol. The molecule has 0 saturated heterocycles. The molecule has 0 fully saturated rings. The Morgan fingerprint density at radius 2 is 1.89 bits per heavy atom. The molecule has 1 aromatic carbocycles. The molecule has 1 atom stereocenters. The first kappa shape index (κ1) is 14.7. The van der Waals surface area contributed by atoms with Gasteiger partial charge in [-0.25, -0.2) is 4.79 Å². The van der Waals surface area contributed by atoms with Crippen LogP contribution < -0.4 is 5.32 Å². The quantitative estimate of drug-likeness (QED) is 0.788. The fourth-order valence-corrected chi connectivity index (χ4v) is 2.29. The predicted molar refractivity (Wildman–Crippen MR) is 73.3 cm³/mol. The molecule has 1 aromatic rings. The van der Waals surface area contributed by atoms with E-state index >= 15 is 0 Å². The minimum Gasteiger partial charge on any atom is -0.464 e. The zero-order chi connectivity index (χ0) is 13.6. The summed E-state index contributed by atoms with van der Waals surface area (Å²) in [7, 11) is 0. The molecular weight excluding hydrogens is 226 g/mol. The molecule has 0 aliphatic rings. The lowest BCUT2D eigenvalue weighted by atomic mass is 9.79. The van der Waals surface area contributed by atoms with Gasteiger partial charge >= 0.3 is 5.97 Å². The topological polar surface area (TPSA) is 38.3 Å². The van der Waals surface area contributed by atoms with Gasteiger partial charge in [0.15, 0.2) is 0 Å². The van der Waals surface area contributed by atoms with Gasteiger partial charge in [0, 0.05) is 0 Å². The Labute approximate surface area is 110 Å². The van der Waals surface area contributed by atoms with E-state index in [4.69, 9.17) is 4.74 Å². The second kappa shape index (κ2) is 6.55. The number of ether oxygens (including phenoxy) is 1. The van der Waals surface area contributed by atoms with Crippen LogP contribution >= 0.6 is 0 Å². The maximum absolute atomic E-state index is 12.4. The lowest BCUT2D eigenvalue weighted by Crippen LogP contribution is -2.54. The Morgan fingerprint density at radius 3 is 2.33 bits per heavy atom. The van der Waals surface area contributed by atoms with Gasteiger partial charge in [-0.15, -0.1) is 0 Å². The third-order valence-electron chi connectivity index (χ3n) is 3.15. The largest absolute Gasteiger partial charge is 0.464 e. The van der Waals surface area contributed by atoms with Crippen LogP contribution in [0.1, 0.15) is 33.3 Å². The van der Waals surface area contributed by atoms with Crippen molar-refractivity contribution in [1.29, 1.82) is 0 Å². The van der Waals surface area contributed by atoms with Crippen LogP contribution in [0.4, 0.5) is 0 Å². The van der Waals surface area contributed by atoms with Gasteiger partial charge in [-0.2, -0.15) is 0 Å². The van der Waals surface area contributed by atoms with Gasteiger partial charge in [0.25, 0.3) is 0 Å². The standard InChI is InChI=1S/C15H23NO2/c1-5-16-15(12(3)4,14(17)18-6-2)13-10-8-7-9-11-13/h7-12,16H,5-6H2,1-4H3. The van der Waals surface area contributed by atoms with E-state index in [1.165, 1.54) is 0 Å². The summed E-state index contributed by atoms with van der Waals surface area (Å²) in [6.45, 7) is 9.01. The van der Waals surface area contributed by atoms with Crippen molar-refractivity contribution in [2.75, 3.05) is 13.2 Å². The Morgan fingerprint density at radius 1 is 1.28 bits per heavy atom. The van der Waals surface area contributed by atoms with Gasteiger partial charge in [0.1, 0.15) is 5.54 Å². The molecule has 0 aliphatic carbocycles. The van der Waals surface area contributed by atoms with Crippen LogP contribution in [-0.4, -0.2) is 19.1 Å². The molecule has 1 N–H and O–H groups in total. The summed E-state index contributed by atoms with van der Waals surface area (Å²) in [5.74, 6) is -0.0908. The Balaban J connectivity index is 3.26. The van der Waals surface area contributed by atoms with Gasteiger partial charge in [-0.1, -0.05) is 51.1 Å². The van der Waals surface area contributed by atoms with Crippen molar-refractivity contribution < 1.29 is 9.53 Å². The highest BCUT2D eigenvalue weighted by molar-refractivity contribution is 5.83. The zero-order valence-corrected chi connectivity index (χ0v) is 11.7. The number of nitrogens with one attached hydrogen (secondary N) is 1. The number of hydrogen-bond acceptors (Lipinski definition) is 3. The highest BCUT2D eigenvalue weighted by Gasteiger charge is 2.43. The summed E-state index contributed by atoms with van der Waals surface area (Å²) in [5, 5.41) is 3.32. The van der Waals surface area contributed by atoms with E-state index in [1.807, 2.05) is 58.0 Å². The fraction of sp³-hybridized carbons (Fsp3) is 0.533. The van der Waals surface area contributed by atoms with E-state index in [0.717, 1.165) is 5.56 Å². The van der Waals surface area contributed by atoms with E-state index in [1.54, 1.807) is 0 Å². The third-order valence-corrected chi connectivity index (χ3v) is 3.15. The predicted octanol–water partition coefficient (Wildman–Crippen LogP) is 2.71. The molecule has 100 valence electrons. The summed E-state index contributed by atoms with van der Waals surface area (Å²) in [5.41, 5.74) is 0.201. The second-order valence-electron chi connectivity index (χ2n) is 4.58. The average Bonchev–Trinajstić information content (AvgIpc) is 2.36. The first-order valence-corrected chi connectivity index (χ1v) is 6.57. The van der Waals surface area contributed by atoms with Crippen molar-refractivity contribution in [3.63, 3.8) is 0 Å². The molecule has 1 rings (SSSR count). The van der Waals surface area contributed by atoms with Crippen molar-refractivity contribution >= 4 is 5.97 Å². The van der Waals surface area contributed by atoms with Crippen LogP contribution in [0.3, 0.4) is 0 Å². The van der Waals surface area contributed by atoms with Crippen molar-refractivity contribution in [3.8, 4) is 0 Å². The Bertz CT molecular complexity index is 375. The normalized spacial score (nSPS) is 14.3. The van der Waals surface area contributed by atoms with Crippen LogP contribution in [0.25, 0.3) is 0 Å². The maximum atomic E-state index is 12.4. The molecule has 3 heteroatoms. The summed E-state index contributed by atoms with van der Waals surface area (Å²) < 4.78 is 5.27. The molecule has 0 heterocycles. The molecule has 1 unspecified atom stereocenters. The highest BCUT2D eigenvalue weighted by Crippen LogP contribution is 2.31. The van der Waals surface area contributed by atoms with Gasteiger partial charge < -0.3 is 4.74 Å². The third kappa shape index (κ3) is 2.72. The number of rotatable bonds is 6. The summed E-state index contributed by atoms with van der Waals surface area (Å²) >= 11 is 0. The molecule has 0 saturated carbocycles. The van der Waals surface area contributed by atoms with Crippen molar-refractivity contribution in [2.45, 2.75) is 33.2 Å². The molecule has 0 spiro atoms. The number of likely N-dealkylation sites (N-methyl/N-ethyl adjacent to an activating group) is 1. The van der Waals surface area contributed by atoms with Crippen molar-refractivity contribution in [1.82, 2.24) is 5.32 Å². The first-order valence-electron chi connectivity index (χ1n) is 6.57. The van der Waals surface area contributed by atoms with Crippen LogP contribution in [0.15, 0.2) is 30.3 Å². The van der Waals surface area contributed by atoms with E-state index < -0.39 is 5.54 Å². The summed E-state index contributed by atoms with van der Waals surface area (Å²) in [6, 6.07) is 9.79. The minimum atomic E-state index is -0.758. The van der Waals surface area contributed by atoms with E-state index in [2.05, 4.69) is 5.32 Å². The van der Waals surface area contributed by atoms with Crippen LogP contribution in [-0.2, 0) is 15.1 Å². The number of carbonyl (C=O) groups is 1. The van der Waals surface area contributed by atoms with Gasteiger partial charge in [0.2, 0.25) is 0 Å². The van der Waals surface area contributed by atoms with Gasteiger partial charge in [-0.05, 0) is 24.9 Å². The maximum Gasteiger partial charge on any atom is 0.331 e. The van der Waals surface area contributed by atoms with Crippen molar-refractivity contribution in [2.24, 2.45) is 5.92 Å². The van der Waals surface area contributed by atoms with E-state index in [9.17, 15) is 4.79 Å². The number of esters is 1. The lowest BCUT2D eigenvalue weighted by molar-refractivity contribution is -0.154. The summed E-state index contributed by atoms with van der Waals surface area (Å²) in [4.78, 5) is 12.4. The zero-order valence-electron chi connectivity index (χ0n) is 11.7. The Hall–Kier alpha value is -1.35. The van der Waals surface area contributed by atoms with Crippen LogP contribution in [0.2, 0.25) is 0 Å².